The zero-order valence-corrected chi connectivity index (χ0v) is 17.3. The average Bonchev–Trinajstić information content (AvgIpc) is 2.73. The van der Waals surface area contributed by atoms with E-state index in [4.69, 9.17) is 9.47 Å². The van der Waals surface area contributed by atoms with Crippen LogP contribution in [0.15, 0.2) is 36.4 Å². The van der Waals surface area contributed by atoms with Crippen LogP contribution in [0.2, 0.25) is 0 Å². The number of likely N-dealkylation sites (N-methyl/N-ethyl adjacent to an activating group) is 1. The first-order valence-electron chi connectivity index (χ1n) is 9.81. The number of hydrogen-bond donors (Lipinski definition) is 2. The minimum atomic E-state index is -0.854. The quantitative estimate of drug-likeness (QED) is 0.564. The predicted molar refractivity (Wildman–Crippen MR) is 109 cm³/mol. The van der Waals surface area contributed by atoms with Gasteiger partial charge < -0.3 is 24.8 Å². The molecule has 0 aliphatic heterocycles. The molecule has 0 radical (unpaired) electrons. The monoisotopic (exact) mass is 408 g/mol. The summed E-state index contributed by atoms with van der Waals surface area (Å²) in [5.41, 5.74) is 1.61. The van der Waals surface area contributed by atoms with Gasteiger partial charge in [-0.2, -0.15) is 0 Å². The number of aliphatic hydroxyl groups excluding tert-OH is 1. The molecule has 0 heterocycles. The molecule has 1 atom stereocenters. The number of benzene rings is 2. The first-order valence-corrected chi connectivity index (χ1v) is 9.81. The van der Waals surface area contributed by atoms with Gasteiger partial charge in [0.1, 0.15) is 12.7 Å². The number of ether oxygens (including phenoxy) is 2. The third kappa shape index (κ3) is 7.27. The Morgan fingerprint density at radius 3 is 2.24 bits per heavy atom. The van der Waals surface area contributed by atoms with Gasteiger partial charge in [0.05, 0.1) is 7.11 Å². The smallest absolute Gasteiger partial charge is 0.161 e. The largest absolute Gasteiger partial charge is 0.493 e. The summed E-state index contributed by atoms with van der Waals surface area (Å²) in [5, 5.41) is 13.4. The number of nitrogens with one attached hydrogen (secondary N) is 1. The van der Waals surface area contributed by atoms with Crippen molar-refractivity contribution >= 4 is 0 Å². The third-order valence-electron chi connectivity index (χ3n) is 4.66. The fraction of sp³-hybridized carbons (Fsp3) is 0.455. The van der Waals surface area contributed by atoms with Crippen LogP contribution >= 0.6 is 0 Å². The molecule has 160 valence electrons. The van der Waals surface area contributed by atoms with Crippen molar-refractivity contribution in [2.24, 2.45) is 0 Å². The lowest BCUT2D eigenvalue weighted by atomic mass is 10.1. The van der Waals surface area contributed by atoms with Gasteiger partial charge >= 0.3 is 0 Å². The molecule has 0 bridgehead atoms. The molecule has 2 rings (SSSR count). The van der Waals surface area contributed by atoms with Gasteiger partial charge in [0.2, 0.25) is 0 Å². The van der Waals surface area contributed by atoms with Crippen molar-refractivity contribution in [1.29, 1.82) is 0 Å². The molecule has 2 aromatic rings. The Kier molecular flexibility index (Phi) is 9.31. The van der Waals surface area contributed by atoms with Gasteiger partial charge in [-0.1, -0.05) is 26.0 Å². The Morgan fingerprint density at radius 2 is 1.62 bits per heavy atom. The molecule has 5 nitrogen and oxygen atoms in total. The van der Waals surface area contributed by atoms with E-state index in [0.29, 0.717) is 36.7 Å². The Hall–Kier alpha value is -2.22. The number of rotatable bonds is 12. The fourth-order valence-corrected chi connectivity index (χ4v) is 2.96. The number of aliphatic hydroxyl groups is 1. The molecule has 0 aliphatic carbocycles. The average molecular weight is 408 g/mol. The molecule has 0 saturated heterocycles. The Bertz CT molecular complexity index is 770. The number of hydrogen-bond acceptors (Lipinski definition) is 5. The summed E-state index contributed by atoms with van der Waals surface area (Å²) in [6.07, 6.45) is -0.602. The molecule has 0 saturated carbocycles. The zero-order chi connectivity index (χ0) is 21.2. The first kappa shape index (κ1) is 23.1. The van der Waals surface area contributed by atoms with Crippen molar-refractivity contribution in [3.63, 3.8) is 0 Å². The highest BCUT2D eigenvalue weighted by Crippen LogP contribution is 2.28. The van der Waals surface area contributed by atoms with Gasteiger partial charge in [-0.15, -0.1) is 0 Å². The van der Waals surface area contributed by atoms with Gasteiger partial charge in [0.25, 0.3) is 0 Å². The summed E-state index contributed by atoms with van der Waals surface area (Å²) < 4.78 is 37.4. The van der Waals surface area contributed by atoms with Crippen molar-refractivity contribution in [2.75, 3.05) is 33.4 Å². The Balaban J connectivity index is 1.92. The van der Waals surface area contributed by atoms with Gasteiger partial charge in [-0.25, -0.2) is 8.78 Å². The molecule has 0 unspecified atom stereocenters. The van der Waals surface area contributed by atoms with Crippen LogP contribution in [0.1, 0.15) is 25.0 Å². The van der Waals surface area contributed by atoms with Crippen LogP contribution in [0.5, 0.6) is 11.5 Å². The molecule has 0 spiro atoms. The van der Waals surface area contributed by atoms with Crippen LogP contribution in [0, 0.1) is 11.6 Å². The lowest BCUT2D eigenvalue weighted by molar-refractivity contribution is 0.0705. The minimum Gasteiger partial charge on any atom is -0.493 e. The van der Waals surface area contributed by atoms with Crippen LogP contribution < -0.4 is 14.8 Å². The molecule has 0 aromatic heterocycles. The SMILES string of the molecule is CCN(CC)C[C@H](O)COc1cc(CNCc2ccc(F)c(F)c2)ccc1OC. The molecule has 29 heavy (non-hydrogen) atoms. The summed E-state index contributed by atoms with van der Waals surface area (Å²) in [4.78, 5) is 2.13. The lowest BCUT2D eigenvalue weighted by Crippen LogP contribution is -2.35. The van der Waals surface area contributed by atoms with Crippen LogP contribution in [-0.4, -0.2) is 49.5 Å². The van der Waals surface area contributed by atoms with E-state index >= 15 is 0 Å². The Morgan fingerprint density at radius 1 is 0.966 bits per heavy atom. The standard InChI is InChI=1S/C22H30F2N2O3/c1-4-26(5-2)14-18(27)15-29-22-11-17(7-9-21(22)28-3)13-25-12-16-6-8-19(23)20(24)10-16/h6-11,18,25,27H,4-5,12-15H2,1-3H3/t18-/m0/s1. The number of nitrogens with zero attached hydrogens (tertiary/aromatic N) is 1. The van der Waals surface area contributed by atoms with E-state index in [0.717, 1.165) is 24.7 Å². The Labute approximate surface area is 171 Å². The molecule has 0 aliphatic rings. The van der Waals surface area contributed by atoms with E-state index in [1.165, 1.54) is 6.07 Å². The van der Waals surface area contributed by atoms with Crippen LogP contribution in [0.25, 0.3) is 0 Å². The summed E-state index contributed by atoms with van der Waals surface area (Å²) in [7, 11) is 1.57. The lowest BCUT2D eigenvalue weighted by Gasteiger charge is -2.22. The van der Waals surface area contributed by atoms with E-state index in [9.17, 15) is 13.9 Å². The van der Waals surface area contributed by atoms with E-state index < -0.39 is 17.7 Å². The summed E-state index contributed by atoms with van der Waals surface area (Å²) >= 11 is 0. The van der Waals surface area contributed by atoms with Gasteiger partial charge in [0.15, 0.2) is 23.1 Å². The summed E-state index contributed by atoms with van der Waals surface area (Å²) in [5.74, 6) is -0.566. The van der Waals surface area contributed by atoms with E-state index in [1.54, 1.807) is 19.2 Å². The van der Waals surface area contributed by atoms with E-state index in [1.807, 2.05) is 12.1 Å². The van der Waals surface area contributed by atoms with Crippen molar-refractivity contribution in [3.8, 4) is 11.5 Å². The maximum atomic E-state index is 13.3. The highest BCUT2D eigenvalue weighted by atomic mass is 19.2. The highest BCUT2D eigenvalue weighted by Gasteiger charge is 2.12. The third-order valence-corrected chi connectivity index (χ3v) is 4.66. The maximum absolute atomic E-state index is 13.3. The van der Waals surface area contributed by atoms with Crippen LogP contribution in [-0.2, 0) is 13.1 Å². The van der Waals surface area contributed by atoms with Crippen molar-refractivity contribution < 1.29 is 23.4 Å². The first-order chi connectivity index (χ1) is 14.0. The topological polar surface area (TPSA) is 54.0 Å². The molecular weight excluding hydrogens is 378 g/mol. The fourth-order valence-electron chi connectivity index (χ4n) is 2.96. The van der Waals surface area contributed by atoms with E-state index in [-0.39, 0.29) is 6.61 Å². The van der Waals surface area contributed by atoms with Crippen molar-refractivity contribution in [1.82, 2.24) is 10.2 Å². The molecule has 7 heteroatoms. The summed E-state index contributed by atoms with van der Waals surface area (Å²) in [6.45, 7) is 7.48. The molecular formula is C22H30F2N2O3. The highest BCUT2D eigenvalue weighted by molar-refractivity contribution is 5.43. The molecule has 0 amide bonds. The van der Waals surface area contributed by atoms with Crippen molar-refractivity contribution in [2.45, 2.75) is 33.0 Å². The maximum Gasteiger partial charge on any atom is 0.161 e. The number of methoxy groups -OCH3 is 1. The molecule has 0 fully saturated rings. The van der Waals surface area contributed by atoms with Gasteiger partial charge in [-0.3, -0.25) is 0 Å². The number of halogens is 2. The molecule has 2 N–H and O–H groups in total. The van der Waals surface area contributed by atoms with Gasteiger partial charge in [0, 0.05) is 19.6 Å². The normalized spacial score (nSPS) is 12.2. The minimum absolute atomic E-state index is 0.165. The second kappa shape index (κ2) is 11.7. The van der Waals surface area contributed by atoms with Crippen LogP contribution in [0.3, 0.4) is 0 Å². The summed E-state index contributed by atoms with van der Waals surface area (Å²) in [6, 6.07) is 9.40. The van der Waals surface area contributed by atoms with Crippen molar-refractivity contribution in [3.05, 3.63) is 59.2 Å². The predicted octanol–water partition coefficient (Wildman–Crippen LogP) is 3.34. The second-order valence-electron chi connectivity index (χ2n) is 6.79. The second-order valence-corrected chi connectivity index (χ2v) is 6.79. The van der Waals surface area contributed by atoms with E-state index in [2.05, 4.69) is 24.1 Å². The van der Waals surface area contributed by atoms with Crippen LogP contribution in [0.4, 0.5) is 8.78 Å². The molecule has 2 aromatic carbocycles. The van der Waals surface area contributed by atoms with Gasteiger partial charge in [-0.05, 0) is 48.5 Å². The zero-order valence-electron chi connectivity index (χ0n) is 17.3.